The summed E-state index contributed by atoms with van der Waals surface area (Å²) in [4.78, 5) is 30.4. The van der Waals surface area contributed by atoms with Gasteiger partial charge >= 0.3 is 0 Å². The highest BCUT2D eigenvalue weighted by Crippen LogP contribution is 2.50. The molecule has 0 aromatic heterocycles. The number of hydrogen-bond acceptors (Lipinski definition) is 7. The van der Waals surface area contributed by atoms with E-state index in [1.165, 1.54) is 23.9 Å². The van der Waals surface area contributed by atoms with Gasteiger partial charge in [0.25, 0.3) is 0 Å². The standard InChI is InChI=1S/C38H32Cl4N2O6S/c39-35-25(9-11-33(47)43-13-17-49-18-14-43)27(23-5-1-3-7-29(23)45)21-31(37(35)41)51-32-22-28(24-6-2-4-8-30(24)46)26(36(40)38(32)42)10-12-34(48)44-15-19-50-20-16-44/h1-12,21-22,45-46H,13-20H2. The van der Waals surface area contributed by atoms with Crippen LogP contribution in [0.15, 0.2) is 82.6 Å². The molecule has 2 amide bonds. The Morgan fingerprint density at radius 1 is 0.588 bits per heavy atom. The summed E-state index contributed by atoms with van der Waals surface area (Å²) in [6, 6.07) is 17.1. The van der Waals surface area contributed by atoms with Crippen LogP contribution >= 0.6 is 58.2 Å². The van der Waals surface area contributed by atoms with Crippen molar-refractivity contribution < 1.29 is 29.3 Å². The van der Waals surface area contributed by atoms with Gasteiger partial charge < -0.3 is 29.5 Å². The van der Waals surface area contributed by atoms with Crippen molar-refractivity contribution in [2.45, 2.75) is 9.79 Å². The van der Waals surface area contributed by atoms with Crippen molar-refractivity contribution in [2.24, 2.45) is 0 Å². The Balaban J connectivity index is 1.43. The number of aromatic hydroxyl groups is 2. The van der Waals surface area contributed by atoms with Crippen molar-refractivity contribution in [2.75, 3.05) is 52.6 Å². The first-order chi connectivity index (χ1) is 24.6. The molecule has 0 bridgehead atoms. The average molecular weight is 787 g/mol. The van der Waals surface area contributed by atoms with E-state index in [9.17, 15) is 19.8 Å². The lowest BCUT2D eigenvalue weighted by Gasteiger charge is -2.25. The molecule has 2 fully saturated rings. The lowest BCUT2D eigenvalue weighted by molar-refractivity contribution is -0.130. The summed E-state index contributed by atoms with van der Waals surface area (Å²) >= 11 is 29.0. The number of phenolic OH excluding ortho intramolecular Hbond substituents is 2. The molecule has 2 saturated heterocycles. The van der Waals surface area contributed by atoms with E-state index in [1.807, 2.05) is 0 Å². The van der Waals surface area contributed by atoms with Crippen LogP contribution in [-0.2, 0) is 19.1 Å². The maximum Gasteiger partial charge on any atom is 0.246 e. The van der Waals surface area contributed by atoms with Gasteiger partial charge in [-0.1, -0.05) is 94.6 Å². The maximum absolute atomic E-state index is 13.0. The van der Waals surface area contributed by atoms with Crippen molar-refractivity contribution >= 4 is 82.1 Å². The molecule has 4 aromatic carbocycles. The molecule has 2 N–H and O–H groups in total. The SMILES string of the molecule is O=C(C=Cc1c(-c2ccccc2O)cc(Sc2cc(-c3ccccc3O)c(C=CC(=O)N3CCOCC3)c(Cl)c2Cl)c(Cl)c1Cl)N1CCOCC1. The van der Waals surface area contributed by atoms with E-state index in [0.717, 1.165) is 0 Å². The van der Waals surface area contributed by atoms with Crippen LogP contribution in [0.1, 0.15) is 11.1 Å². The van der Waals surface area contributed by atoms with Crippen LogP contribution < -0.4 is 0 Å². The molecule has 0 aliphatic carbocycles. The van der Waals surface area contributed by atoms with Gasteiger partial charge in [0.2, 0.25) is 11.8 Å². The number of morpholine rings is 2. The second-order valence-corrected chi connectivity index (χ2v) is 14.2. The fraction of sp³-hybridized carbons (Fsp3) is 0.211. The predicted octanol–water partition coefficient (Wildman–Crippen LogP) is 8.94. The van der Waals surface area contributed by atoms with Gasteiger partial charge in [-0.05, 0) is 47.5 Å². The minimum absolute atomic E-state index is 0.00618. The number of phenols is 2. The van der Waals surface area contributed by atoms with Gasteiger partial charge in [0.1, 0.15) is 11.5 Å². The molecule has 0 spiro atoms. The van der Waals surface area contributed by atoms with Crippen LogP contribution in [0, 0.1) is 0 Å². The van der Waals surface area contributed by atoms with Gasteiger partial charge in [0, 0.05) is 70.4 Å². The van der Waals surface area contributed by atoms with Gasteiger partial charge in [0.05, 0.1) is 46.5 Å². The Labute approximate surface area is 319 Å². The van der Waals surface area contributed by atoms with E-state index in [1.54, 1.807) is 82.6 Å². The molecule has 13 heteroatoms. The van der Waals surface area contributed by atoms with E-state index in [4.69, 9.17) is 55.9 Å². The molecule has 2 heterocycles. The van der Waals surface area contributed by atoms with Gasteiger partial charge in [-0.25, -0.2) is 0 Å². The van der Waals surface area contributed by atoms with Gasteiger partial charge in [-0.3, -0.25) is 9.59 Å². The first-order valence-corrected chi connectivity index (χ1v) is 18.3. The third kappa shape index (κ3) is 8.36. The molecule has 0 atom stereocenters. The van der Waals surface area contributed by atoms with E-state index in [2.05, 4.69) is 0 Å². The molecule has 0 radical (unpaired) electrons. The molecule has 0 unspecified atom stereocenters. The first kappa shape index (κ1) is 37.1. The fourth-order valence-corrected chi connectivity index (χ4v) is 7.93. The third-order valence-electron chi connectivity index (χ3n) is 8.46. The topological polar surface area (TPSA) is 99.5 Å². The summed E-state index contributed by atoms with van der Waals surface area (Å²) in [5.41, 5.74) is 2.89. The number of ether oxygens (including phenoxy) is 2. The molecule has 6 rings (SSSR count). The normalized spacial score (nSPS) is 15.2. The quantitative estimate of drug-likeness (QED) is 0.172. The van der Waals surface area contributed by atoms with Crippen molar-refractivity contribution in [3.8, 4) is 33.8 Å². The van der Waals surface area contributed by atoms with Crippen LogP contribution in [0.25, 0.3) is 34.4 Å². The highest BCUT2D eigenvalue weighted by Gasteiger charge is 2.23. The van der Waals surface area contributed by atoms with E-state index in [-0.39, 0.29) is 43.4 Å². The van der Waals surface area contributed by atoms with Gasteiger partial charge in [-0.2, -0.15) is 0 Å². The van der Waals surface area contributed by atoms with E-state index in [0.29, 0.717) is 95.8 Å². The highest BCUT2D eigenvalue weighted by atomic mass is 35.5. The second-order valence-electron chi connectivity index (χ2n) is 11.6. The zero-order chi connectivity index (χ0) is 36.1. The number of hydrogen-bond donors (Lipinski definition) is 2. The minimum Gasteiger partial charge on any atom is -0.507 e. The molecule has 0 saturated carbocycles. The van der Waals surface area contributed by atoms with Gasteiger partial charge in [-0.15, -0.1) is 0 Å². The lowest BCUT2D eigenvalue weighted by atomic mass is 9.98. The number of rotatable bonds is 8. The average Bonchev–Trinajstić information content (AvgIpc) is 3.15. The predicted molar refractivity (Wildman–Crippen MR) is 204 cm³/mol. The molecule has 2 aliphatic rings. The molecule has 8 nitrogen and oxygen atoms in total. The van der Waals surface area contributed by atoms with Crippen LogP contribution in [-0.4, -0.2) is 84.4 Å². The van der Waals surface area contributed by atoms with Crippen molar-refractivity contribution in [1.82, 2.24) is 9.80 Å². The lowest BCUT2D eigenvalue weighted by Crippen LogP contribution is -2.39. The maximum atomic E-state index is 13.0. The van der Waals surface area contributed by atoms with Crippen LogP contribution in [0.4, 0.5) is 0 Å². The molecule has 264 valence electrons. The zero-order valence-corrected chi connectivity index (χ0v) is 30.9. The molecule has 2 aliphatic heterocycles. The Morgan fingerprint density at radius 2 is 0.961 bits per heavy atom. The largest absolute Gasteiger partial charge is 0.507 e. The first-order valence-electron chi connectivity index (χ1n) is 16.0. The molecular weight excluding hydrogens is 754 g/mol. The Morgan fingerprint density at radius 3 is 1.33 bits per heavy atom. The third-order valence-corrected chi connectivity index (χ3v) is 11.5. The number of halogens is 4. The van der Waals surface area contributed by atoms with Crippen molar-refractivity contribution in [3.05, 3.63) is 104 Å². The Hall–Kier alpha value is -3.67. The summed E-state index contributed by atoms with van der Waals surface area (Å²) in [7, 11) is 0. The number of carbonyl (C=O) groups excluding carboxylic acids is 2. The smallest absolute Gasteiger partial charge is 0.246 e. The van der Waals surface area contributed by atoms with E-state index >= 15 is 0 Å². The number of carbonyl (C=O) groups is 2. The van der Waals surface area contributed by atoms with Crippen LogP contribution in [0.2, 0.25) is 20.1 Å². The highest BCUT2D eigenvalue weighted by molar-refractivity contribution is 7.99. The summed E-state index contributed by atoms with van der Waals surface area (Å²) in [5, 5.41) is 22.5. The number of benzene rings is 4. The molecule has 4 aromatic rings. The fourth-order valence-electron chi connectivity index (χ4n) is 5.76. The summed E-state index contributed by atoms with van der Waals surface area (Å²) in [6.07, 6.45) is 6.07. The summed E-state index contributed by atoms with van der Waals surface area (Å²) < 4.78 is 10.7. The molecule has 51 heavy (non-hydrogen) atoms. The van der Waals surface area contributed by atoms with Crippen LogP contribution in [0.5, 0.6) is 11.5 Å². The van der Waals surface area contributed by atoms with Crippen LogP contribution in [0.3, 0.4) is 0 Å². The van der Waals surface area contributed by atoms with E-state index < -0.39 is 0 Å². The zero-order valence-electron chi connectivity index (χ0n) is 27.1. The minimum atomic E-state index is -0.203. The Bertz CT molecular complexity index is 1880. The number of nitrogens with zero attached hydrogens (tertiary/aromatic N) is 2. The van der Waals surface area contributed by atoms with Gasteiger partial charge in [0.15, 0.2) is 0 Å². The number of amides is 2. The van der Waals surface area contributed by atoms with Crippen molar-refractivity contribution in [1.29, 1.82) is 0 Å². The van der Waals surface area contributed by atoms with Crippen molar-refractivity contribution in [3.63, 3.8) is 0 Å². The summed E-state index contributed by atoms with van der Waals surface area (Å²) in [6.45, 7) is 3.75. The monoisotopic (exact) mass is 784 g/mol. The molecular formula is C38H32Cl4N2O6S. The number of para-hydroxylation sites is 2. The second kappa shape index (κ2) is 16.8. The Kier molecular flexibility index (Phi) is 12.2. The summed E-state index contributed by atoms with van der Waals surface area (Å²) in [5.74, 6) is -0.393.